The molecule has 0 bridgehead atoms. The minimum absolute atomic E-state index is 0.156. The van der Waals surface area contributed by atoms with Crippen molar-refractivity contribution in [2.24, 2.45) is 0 Å². The van der Waals surface area contributed by atoms with Crippen LogP contribution in [0.2, 0.25) is 5.02 Å². The van der Waals surface area contributed by atoms with Crippen molar-refractivity contribution >= 4 is 49.8 Å². The second-order valence-electron chi connectivity index (χ2n) is 4.91. The van der Waals surface area contributed by atoms with Crippen molar-refractivity contribution in [3.8, 4) is 11.8 Å². The fourth-order valence-corrected chi connectivity index (χ4v) is 2.88. The molecule has 0 atom stereocenters. The molecule has 1 aromatic heterocycles. The van der Waals surface area contributed by atoms with Crippen molar-refractivity contribution in [3.63, 3.8) is 0 Å². The third-order valence-corrected chi connectivity index (χ3v) is 4.24. The van der Waals surface area contributed by atoms with Crippen molar-refractivity contribution in [2.75, 3.05) is 12.4 Å². The lowest BCUT2D eigenvalue weighted by molar-refractivity contribution is 0.414. The summed E-state index contributed by atoms with van der Waals surface area (Å²) in [4.78, 5) is 4.25. The molecule has 0 fully saturated rings. The Hall–Kier alpha value is -2.36. The lowest BCUT2D eigenvalue weighted by Crippen LogP contribution is -2.00. The lowest BCUT2D eigenvalue weighted by Gasteiger charge is -2.14. The van der Waals surface area contributed by atoms with Gasteiger partial charge in [0.05, 0.1) is 34.6 Å². The molecule has 0 spiro atoms. The van der Waals surface area contributed by atoms with Gasteiger partial charge in [-0.3, -0.25) is 4.98 Å². The molecule has 0 aliphatic heterocycles. The fourth-order valence-electron chi connectivity index (χ4n) is 2.30. The highest BCUT2D eigenvalue weighted by Crippen LogP contribution is 2.35. The Balaban J connectivity index is 2.18. The summed E-state index contributed by atoms with van der Waals surface area (Å²) in [5, 5.41) is 13.2. The van der Waals surface area contributed by atoms with Crippen LogP contribution in [-0.2, 0) is 0 Å². The molecule has 0 saturated carbocycles. The molecule has 7 heteroatoms. The summed E-state index contributed by atoms with van der Waals surface area (Å²) in [6.07, 6.45) is 1.45. The maximum absolute atomic E-state index is 14.2. The predicted molar refractivity (Wildman–Crippen MR) is 95.4 cm³/mol. The van der Waals surface area contributed by atoms with Crippen LogP contribution in [0.25, 0.3) is 10.9 Å². The molecule has 3 aromatic rings. The highest BCUT2D eigenvalue weighted by molar-refractivity contribution is 9.10. The van der Waals surface area contributed by atoms with Gasteiger partial charge in [-0.1, -0.05) is 27.5 Å². The van der Waals surface area contributed by atoms with Crippen LogP contribution in [0, 0.1) is 17.1 Å². The number of ether oxygens (including phenoxy) is 1. The SMILES string of the molecule is COc1cc(Nc2c(C#N)cnc3cc(Br)ccc23)c(F)cc1Cl. The van der Waals surface area contributed by atoms with E-state index in [0.29, 0.717) is 27.9 Å². The van der Waals surface area contributed by atoms with Crippen molar-refractivity contribution < 1.29 is 9.13 Å². The molecule has 0 radical (unpaired) electrons. The summed E-state index contributed by atoms with van der Waals surface area (Å²) < 4.78 is 20.2. The van der Waals surface area contributed by atoms with Crippen LogP contribution in [0.4, 0.5) is 15.8 Å². The zero-order chi connectivity index (χ0) is 17.3. The fraction of sp³-hybridized carbons (Fsp3) is 0.0588. The summed E-state index contributed by atoms with van der Waals surface area (Å²) in [6, 6.07) is 10.1. The van der Waals surface area contributed by atoms with E-state index in [9.17, 15) is 9.65 Å². The highest BCUT2D eigenvalue weighted by Gasteiger charge is 2.14. The molecule has 0 unspecified atom stereocenters. The van der Waals surface area contributed by atoms with Gasteiger partial charge in [0.1, 0.15) is 17.6 Å². The zero-order valence-corrected chi connectivity index (χ0v) is 14.7. The lowest BCUT2D eigenvalue weighted by atomic mass is 10.1. The molecule has 120 valence electrons. The van der Waals surface area contributed by atoms with Gasteiger partial charge >= 0.3 is 0 Å². The number of hydrogen-bond acceptors (Lipinski definition) is 4. The van der Waals surface area contributed by atoms with E-state index < -0.39 is 5.82 Å². The first-order valence-electron chi connectivity index (χ1n) is 6.82. The smallest absolute Gasteiger partial charge is 0.148 e. The molecule has 1 N–H and O–H groups in total. The number of halogens is 3. The molecule has 3 rings (SSSR count). The van der Waals surface area contributed by atoms with Crippen LogP contribution in [0.15, 0.2) is 41.0 Å². The number of rotatable bonds is 3. The van der Waals surface area contributed by atoms with Crippen molar-refractivity contribution in [1.29, 1.82) is 5.26 Å². The van der Waals surface area contributed by atoms with E-state index in [1.165, 1.54) is 19.4 Å². The summed E-state index contributed by atoms with van der Waals surface area (Å²) in [7, 11) is 1.45. The number of hydrogen-bond donors (Lipinski definition) is 1. The van der Waals surface area contributed by atoms with Gasteiger partial charge in [-0.05, 0) is 24.3 Å². The molecule has 0 aliphatic carbocycles. The molecule has 4 nitrogen and oxygen atoms in total. The summed E-state index contributed by atoms with van der Waals surface area (Å²) in [5.41, 5.74) is 1.60. The number of nitriles is 1. The molecular weight excluding hydrogens is 397 g/mol. The van der Waals surface area contributed by atoms with Crippen molar-refractivity contribution in [1.82, 2.24) is 4.98 Å². The predicted octanol–water partition coefficient (Wildman–Crippen LogP) is 5.41. The maximum atomic E-state index is 14.2. The number of nitrogens with one attached hydrogen (secondary N) is 1. The number of benzene rings is 2. The summed E-state index contributed by atoms with van der Waals surface area (Å²) in [6.45, 7) is 0. The first-order valence-corrected chi connectivity index (χ1v) is 7.99. The second-order valence-corrected chi connectivity index (χ2v) is 6.23. The summed E-state index contributed by atoms with van der Waals surface area (Å²) in [5.74, 6) is -0.216. The largest absolute Gasteiger partial charge is 0.495 e. The van der Waals surface area contributed by atoms with Gasteiger partial charge in [-0.15, -0.1) is 0 Å². The van der Waals surface area contributed by atoms with Crippen LogP contribution in [0.5, 0.6) is 5.75 Å². The molecule has 0 saturated heterocycles. The standard InChI is InChI=1S/C17H10BrClFN3O/c1-24-16-6-15(13(20)5-12(16)19)23-17-9(7-21)8-22-14-4-10(18)2-3-11(14)17/h2-6,8H,1H3,(H,22,23). The van der Waals surface area contributed by atoms with E-state index in [-0.39, 0.29) is 10.7 Å². The van der Waals surface area contributed by atoms with Crippen molar-refractivity contribution in [2.45, 2.75) is 0 Å². The van der Waals surface area contributed by atoms with Crippen LogP contribution < -0.4 is 10.1 Å². The maximum Gasteiger partial charge on any atom is 0.148 e. The number of nitrogens with zero attached hydrogens (tertiary/aromatic N) is 2. The third kappa shape index (κ3) is 3.01. The van der Waals surface area contributed by atoms with E-state index in [1.807, 2.05) is 12.1 Å². The first kappa shape index (κ1) is 16.5. The van der Waals surface area contributed by atoms with Gasteiger partial charge in [0.15, 0.2) is 0 Å². The van der Waals surface area contributed by atoms with E-state index >= 15 is 0 Å². The zero-order valence-electron chi connectivity index (χ0n) is 12.4. The summed E-state index contributed by atoms with van der Waals surface area (Å²) >= 11 is 9.30. The number of methoxy groups -OCH3 is 1. The number of anilines is 2. The van der Waals surface area contributed by atoms with E-state index in [1.54, 1.807) is 6.07 Å². The Morgan fingerprint density at radius 1 is 1.33 bits per heavy atom. The number of fused-ring (bicyclic) bond motifs is 1. The molecule has 2 aromatic carbocycles. The van der Waals surface area contributed by atoms with E-state index in [0.717, 1.165) is 10.5 Å². The van der Waals surface area contributed by atoms with Gasteiger partial charge in [0.2, 0.25) is 0 Å². The average molecular weight is 407 g/mol. The topological polar surface area (TPSA) is 57.9 Å². The monoisotopic (exact) mass is 405 g/mol. The van der Waals surface area contributed by atoms with Gasteiger partial charge < -0.3 is 10.1 Å². The molecular formula is C17H10BrClFN3O. The molecule has 0 aliphatic rings. The van der Waals surface area contributed by atoms with Gasteiger partial charge in [0, 0.05) is 22.1 Å². The minimum Gasteiger partial charge on any atom is -0.495 e. The quantitative estimate of drug-likeness (QED) is 0.631. The molecule has 0 amide bonds. The number of aromatic nitrogens is 1. The Bertz CT molecular complexity index is 988. The average Bonchev–Trinajstić information content (AvgIpc) is 2.57. The Morgan fingerprint density at radius 2 is 2.12 bits per heavy atom. The van der Waals surface area contributed by atoms with Crippen LogP contribution in [-0.4, -0.2) is 12.1 Å². The van der Waals surface area contributed by atoms with Crippen LogP contribution >= 0.6 is 27.5 Å². The highest BCUT2D eigenvalue weighted by atomic mass is 79.9. The Morgan fingerprint density at radius 3 is 2.83 bits per heavy atom. The van der Waals surface area contributed by atoms with Gasteiger partial charge in [-0.25, -0.2) is 4.39 Å². The molecule has 1 heterocycles. The van der Waals surface area contributed by atoms with Crippen LogP contribution in [0.1, 0.15) is 5.56 Å². The van der Waals surface area contributed by atoms with E-state index in [4.69, 9.17) is 16.3 Å². The Kier molecular flexibility index (Phi) is 4.56. The third-order valence-electron chi connectivity index (χ3n) is 3.45. The minimum atomic E-state index is -0.549. The van der Waals surface area contributed by atoms with Gasteiger partial charge in [-0.2, -0.15) is 5.26 Å². The normalized spacial score (nSPS) is 10.5. The van der Waals surface area contributed by atoms with Gasteiger partial charge in [0.25, 0.3) is 0 Å². The second kappa shape index (κ2) is 6.63. The molecule has 24 heavy (non-hydrogen) atoms. The van der Waals surface area contributed by atoms with E-state index in [2.05, 4.69) is 32.3 Å². The first-order chi connectivity index (χ1) is 11.5. The Labute approximate surface area is 151 Å². The number of pyridine rings is 1. The van der Waals surface area contributed by atoms with Crippen molar-refractivity contribution in [3.05, 3.63) is 57.4 Å². The van der Waals surface area contributed by atoms with Crippen LogP contribution in [0.3, 0.4) is 0 Å².